The molecule has 0 aromatic rings. The van der Waals surface area contributed by atoms with E-state index in [1.54, 1.807) is 19.0 Å². The van der Waals surface area contributed by atoms with Crippen LogP contribution in [0.1, 0.15) is 26.2 Å². The number of nitrogens with zero attached hydrogens (tertiary/aromatic N) is 2. The molecule has 5 heteroatoms. The molecule has 0 bridgehead atoms. The monoisotopic (exact) mass is 242 g/mol. The van der Waals surface area contributed by atoms with E-state index in [1.807, 2.05) is 11.8 Å². The number of piperidine rings is 1. The van der Waals surface area contributed by atoms with Crippen LogP contribution in [0.5, 0.6) is 0 Å². The molecule has 5 nitrogen and oxygen atoms in total. The quantitative estimate of drug-likeness (QED) is 0.815. The molecule has 17 heavy (non-hydrogen) atoms. The summed E-state index contributed by atoms with van der Waals surface area (Å²) in [6.45, 7) is 3.43. The van der Waals surface area contributed by atoms with Gasteiger partial charge in [0.2, 0.25) is 0 Å². The highest BCUT2D eigenvalue weighted by Crippen LogP contribution is 2.26. The van der Waals surface area contributed by atoms with Crippen molar-refractivity contribution in [3.05, 3.63) is 0 Å². The molecule has 2 unspecified atom stereocenters. The van der Waals surface area contributed by atoms with E-state index >= 15 is 0 Å². The summed E-state index contributed by atoms with van der Waals surface area (Å²) in [4.78, 5) is 25.9. The van der Waals surface area contributed by atoms with E-state index in [1.165, 1.54) is 0 Å². The van der Waals surface area contributed by atoms with E-state index in [2.05, 4.69) is 0 Å². The summed E-state index contributed by atoms with van der Waals surface area (Å²) in [5.41, 5.74) is 0. The normalized spacial score (nSPS) is 22.1. The number of hydrogen-bond donors (Lipinski definition) is 1. The summed E-state index contributed by atoms with van der Waals surface area (Å²) in [5.74, 6) is -0.317. The van der Waals surface area contributed by atoms with Crippen LogP contribution in [0, 0.1) is 11.8 Å². The molecule has 1 fully saturated rings. The lowest BCUT2D eigenvalue weighted by Gasteiger charge is -2.36. The van der Waals surface area contributed by atoms with Crippen LogP contribution in [-0.2, 0) is 4.79 Å². The second kappa shape index (κ2) is 5.89. The number of carboxylic acids is 1. The lowest BCUT2D eigenvalue weighted by atomic mass is 9.85. The van der Waals surface area contributed by atoms with E-state index < -0.39 is 5.97 Å². The van der Waals surface area contributed by atoms with Crippen LogP contribution in [0.15, 0.2) is 0 Å². The maximum Gasteiger partial charge on any atom is 0.319 e. The van der Waals surface area contributed by atoms with Crippen LogP contribution in [-0.4, -0.2) is 54.1 Å². The Morgan fingerprint density at radius 1 is 1.47 bits per heavy atom. The second-order valence-electron chi connectivity index (χ2n) is 5.10. The Morgan fingerprint density at radius 3 is 2.65 bits per heavy atom. The van der Waals surface area contributed by atoms with E-state index in [0.717, 1.165) is 19.4 Å². The minimum Gasteiger partial charge on any atom is -0.481 e. The summed E-state index contributed by atoms with van der Waals surface area (Å²) >= 11 is 0. The molecular weight excluding hydrogens is 220 g/mol. The molecule has 0 aromatic heterocycles. The van der Waals surface area contributed by atoms with Crippen molar-refractivity contribution >= 4 is 12.0 Å². The van der Waals surface area contributed by atoms with Gasteiger partial charge in [-0.05, 0) is 24.7 Å². The molecule has 1 N–H and O–H groups in total. The topological polar surface area (TPSA) is 60.9 Å². The number of carboxylic acid groups (broad SMARTS) is 1. The number of hydrogen-bond acceptors (Lipinski definition) is 2. The van der Waals surface area contributed by atoms with Crippen molar-refractivity contribution in [2.24, 2.45) is 11.8 Å². The number of amides is 2. The van der Waals surface area contributed by atoms with Gasteiger partial charge in [0, 0.05) is 33.6 Å². The third kappa shape index (κ3) is 3.91. The predicted molar refractivity (Wildman–Crippen MR) is 64.8 cm³/mol. The molecule has 1 aliphatic rings. The second-order valence-corrected chi connectivity index (χ2v) is 5.10. The first-order valence-electron chi connectivity index (χ1n) is 6.09. The van der Waals surface area contributed by atoms with E-state index in [-0.39, 0.29) is 18.4 Å². The van der Waals surface area contributed by atoms with E-state index in [0.29, 0.717) is 12.5 Å². The summed E-state index contributed by atoms with van der Waals surface area (Å²) in [5, 5.41) is 8.79. The average Bonchev–Trinajstić information content (AvgIpc) is 2.27. The summed E-state index contributed by atoms with van der Waals surface area (Å²) in [6, 6.07) is 0.0252. The van der Waals surface area contributed by atoms with Crippen molar-refractivity contribution in [2.75, 3.05) is 27.2 Å². The summed E-state index contributed by atoms with van der Waals surface area (Å²) in [7, 11) is 3.49. The van der Waals surface area contributed by atoms with Crippen LogP contribution < -0.4 is 0 Å². The van der Waals surface area contributed by atoms with Gasteiger partial charge in [0.05, 0.1) is 0 Å². The highest BCUT2D eigenvalue weighted by Gasteiger charge is 2.28. The largest absolute Gasteiger partial charge is 0.481 e. The van der Waals surface area contributed by atoms with Crippen molar-refractivity contribution in [3.63, 3.8) is 0 Å². The highest BCUT2D eigenvalue weighted by molar-refractivity contribution is 5.74. The number of urea groups is 1. The number of carbonyl (C=O) groups is 2. The number of carbonyl (C=O) groups excluding carboxylic acids is 1. The maximum absolute atomic E-state index is 11.8. The van der Waals surface area contributed by atoms with Gasteiger partial charge in [0.25, 0.3) is 0 Å². The van der Waals surface area contributed by atoms with Crippen molar-refractivity contribution in [1.82, 2.24) is 9.80 Å². The molecule has 0 radical (unpaired) electrons. The van der Waals surface area contributed by atoms with Crippen LogP contribution >= 0.6 is 0 Å². The smallest absolute Gasteiger partial charge is 0.319 e. The SMILES string of the molecule is CC(CC(=O)O)C1CCCN(C(=O)N(C)C)C1. The van der Waals surface area contributed by atoms with Crippen molar-refractivity contribution < 1.29 is 14.7 Å². The molecule has 0 saturated carbocycles. The van der Waals surface area contributed by atoms with Gasteiger partial charge >= 0.3 is 12.0 Å². The number of likely N-dealkylation sites (tertiary alicyclic amines) is 1. The Morgan fingerprint density at radius 2 is 2.12 bits per heavy atom. The van der Waals surface area contributed by atoms with E-state index in [4.69, 9.17) is 5.11 Å². The Labute approximate surface area is 102 Å². The lowest BCUT2D eigenvalue weighted by molar-refractivity contribution is -0.138. The van der Waals surface area contributed by atoms with Gasteiger partial charge in [-0.1, -0.05) is 6.92 Å². The van der Waals surface area contributed by atoms with Crippen LogP contribution in [0.2, 0.25) is 0 Å². The fraction of sp³-hybridized carbons (Fsp3) is 0.833. The molecule has 0 spiro atoms. The molecule has 1 saturated heterocycles. The standard InChI is InChI=1S/C12H22N2O3/c1-9(7-11(15)16)10-5-4-6-14(8-10)12(17)13(2)3/h9-10H,4-8H2,1-3H3,(H,15,16). The van der Waals surface area contributed by atoms with Gasteiger partial charge in [-0.25, -0.2) is 4.79 Å². The Bertz CT molecular complexity index is 291. The predicted octanol–water partition coefficient (Wildman–Crippen LogP) is 1.49. The first kappa shape index (κ1) is 13.8. The highest BCUT2D eigenvalue weighted by atomic mass is 16.4. The van der Waals surface area contributed by atoms with E-state index in [9.17, 15) is 9.59 Å². The minimum absolute atomic E-state index is 0.0252. The zero-order valence-corrected chi connectivity index (χ0v) is 10.8. The van der Waals surface area contributed by atoms with Gasteiger partial charge in [-0.3, -0.25) is 4.79 Å². The zero-order chi connectivity index (χ0) is 13.0. The fourth-order valence-electron chi connectivity index (χ4n) is 2.37. The molecule has 1 heterocycles. The molecule has 0 aromatic carbocycles. The van der Waals surface area contributed by atoms with Crippen LogP contribution in [0.4, 0.5) is 4.79 Å². The Balaban J connectivity index is 2.54. The number of rotatable bonds is 3. The Hall–Kier alpha value is -1.26. The molecule has 1 rings (SSSR count). The first-order chi connectivity index (χ1) is 7.91. The lowest BCUT2D eigenvalue weighted by Crippen LogP contribution is -2.46. The summed E-state index contributed by atoms with van der Waals surface area (Å²) in [6.07, 6.45) is 2.18. The van der Waals surface area contributed by atoms with Gasteiger partial charge in [0.1, 0.15) is 0 Å². The van der Waals surface area contributed by atoms with Crippen molar-refractivity contribution in [2.45, 2.75) is 26.2 Å². The minimum atomic E-state index is -0.756. The average molecular weight is 242 g/mol. The van der Waals surface area contributed by atoms with Crippen molar-refractivity contribution in [3.8, 4) is 0 Å². The fourth-order valence-corrected chi connectivity index (χ4v) is 2.37. The molecule has 2 amide bonds. The van der Waals surface area contributed by atoms with Gasteiger partial charge < -0.3 is 14.9 Å². The maximum atomic E-state index is 11.8. The third-order valence-electron chi connectivity index (χ3n) is 3.41. The van der Waals surface area contributed by atoms with Crippen molar-refractivity contribution in [1.29, 1.82) is 0 Å². The number of aliphatic carboxylic acids is 1. The van der Waals surface area contributed by atoms with Gasteiger partial charge in [0.15, 0.2) is 0 Å². The van der Waals surface area contributed by atoms with Gasteiger partial charge in [-0.15, -0.1) is 0 Å². The molecule has 0 aliphatic carbocycles. The third-order valence-corrected chi connectivity index (χ3v) is 3.41. The molecule has 1 aliphatic heterocycles. The van der Waals surface area contributed by atoms with Gasteiger partial charge in [-0.2, -0.15) is 0 Å². The van der Waals surface area contributed by atoms with Crippen LogP contribution in [0.25, 0.3) is 0 Å². The molecule has 2 atom stereocenters. The summed E-state index contributed by atoms with van der Waals surface area (Å²) < 4.78 is 0. The molecule has 98 valence electrons. The van der Waals surface area contributed by atoms with Crippen LogP contribution in [0.3, 0.4) is 0 Å². The Kier molecular flexibility index (Phi) is 4.78. The zero-order valence-electron chi connectivity index (χ0n) is 10.8. The molecular formula is C12H22N2O3. The first-order valence-corrected chi connectivity index (χ1v) is 6.09.